The number of aromatic nitrogens is 2. The van der Waals surface area contributed by atoms with E-state index in [-0.39, 0.29) is 6.10 Å². The highest BCUT2D eigenvalue weighted by molar-refractivity contribution is 5.31. The van der Waals surface area contributed by atoms with Crippen molar-refractivity contribution in [3.63, 3.8) is 0 Å². The van der Waals surface area contributed by atoms with E-state index in [9.17, 15) is 0 Å². The Morgan fingerprint density at radius 3 is 3.06 bits per heavy atom. The van der Waals surface area contributed by atoms with Gasteiger partial charge in [0.1, 0.15) is 0 Å². The number of ether oxygens (including phenoxy) is 1. The number of nitrogens with zero attached hydrogens (tertiary/aromatic N) is 3. The molecular formula is C13H22N4O. The van der Waals surface area contributed by atoms with Gasteiger partial charge >= 0.3 is 0 Å². The lowest BCUT2D eigenvalue weighted by molar-refractivity contribution is 0.232. The molecule has 5 nitrogen and oxygen atoms in total. The van der Waals surface area contributed by atoms with Crippen LogP contribution in [0.25, 0.3) is 0 Å². The molecule has 1 fully saturated rings. The zero-order chi connectivity index (χ0) is 13.0. The van der Waals surface area contributed by atoms with E-state index < -0.39 is 0 Å². The SMILES string of the molecule is CC(C)Oc1ccnc(N(C)CC2CCCN2)n1. The average molecular weight is 250 g/mol. The highest BCUT2D eigenvalue weighted by atomic mass is 16.5. The van der Waals surface area contributed by atoms with Crippen LogP contribution >= 0.6 is 0 Å². The van der Waals surface area contributed by atoms with Crippen molar-refractivity contribution in [2.24, 2.45) is 0 Å². The monoisotopic (exact) mass is 250 g/mol. The molecular weight excluding hydrogens is 228 g/mol. The summed E-state index contributed by atoms with van der Waals surface area (Å²) < 4.78 is 5.58. The topological polar surface area (TPSA) is 50.3 Å². The highest BCUT2D eigenvalue weighted by Crippen LogP contribution is 2.14. The van der Waals surface area contributed by atoms with Crippen LogP contribution in [0.3, 0.4) is 0 Å². The van der Waals surface area contributed by atoms with Crippen LogP contribution in [0, 0.1) is 0 Å². The van der Waals surface area contributed by atoms with Gasteiger partial charge in [0, 0.05) is 31.9 Å². The summed E-state index contributed by atoms with van der Waals surface area (Å²) in [5, 5.41) is 3.48. The van der Waals surface area contributed by atoms with Gasteiger partial charge < -0.3 is 15.0 Å². The predicted octanol–water partition coefficient (Wildman–Crippen LogP) is 1.45. The predicted molar refractivity (Wildman–Crippen MR) is 72.1 cm³/mol. The number of hydrogen-bond donors (Lipinski definition) is 1. The highest BCUT2D eigenvalue weighted by Gasteiger charge is 2.17. The first-order chi connectivity index (χ1) is 8.65. The van der Waals surface area contributed by atoms with Crippen LogP contribution in [0.1, 0.15) is 26.7 Å². The van der Waals surface area contributed by atoms with Gasteiger partial charge in [0.05, 0.1) is 6.10 Å². The van der Waals surface area contributed by atoms with E-state index >= 15 is 0 Å². The molecule has 1 aliphatic heterocycles. The first kappa shape index (κ1) is 13.1. The Balaban J connectivity index is 1.98. The van der Waals surface area contributed by atoms with Gasteiger partial charge in [-0.1, -0.05) is 0 Å². The first-order valence-corrected chi connectivity index (χ1v) is 6.59. The largest absolute Gasteiger partial charge is 0.475 e. The van der Waals surface area contributed by atoms with Crippen molar-refractivity contribution in [1.82, 2.24) is 15.3 Å². The standard InChI is InChI=1S/C13H22N4O/c1-10(2)18-12-6-8-15-13(16-12)17(3)9-11-5-4-7-14-11/h6,8,10-11,14H,4-5,7,9H2,1-3H3. The normalized spacial score (nSPS) is 19.2. The molecule has 0 bridgehead atoms. The Morgan fingerprint density at radius 2 is 2.39 bits per heavy atom. The molecule has 1 atom stereocenters. The second-order valence-electron chi connectivity index (χ2n) is 5.04. The molecule has 5 heteroatoms. The zero-order valence-electron chi connectivity index (χ0n) is 11.4. The van der Waals surface area contributed by atoms with Gasteiger partial charge in [-0.2, -0.15) is 4.98 Å². The third-order valence-corrected chi connectivity index (χ3v) is 2.97. The Hall–Kier alpha value is -1.36. The lowest BCUT2D eigenvalue weighted by Gasteiger charge is -2.21. The fourth-order valence-electron chi connectivity index (χ4n) is 2.15. The van der Waals surface area contributed by atoms with Crippen LogP contribution in [0.4, 0.5) is 5.95 Å². The van der Waals surface area contributed by atoms with Crippen LogP contribution in [-0.2, 0) is 0 Å². The molecule has 1 aromatic rings. The van der Waals surface area contributed by atoms with E-state index in [1.807, 2.05) is 20.9 Å². The van der Waals surface area contributed by atoms with Gasteiger partial charge in [0.15, 0.2) is 0 Å². The summed E-state index contributed by atoms with van der Waals surface area (Å²) >= 11 is 0. The molecule has 0 amide bonds. The van der Waals surface area contributed by atoms with E-state index in [2.05, 4.69) is 20.2 Å². The maximum atomic E-state index is 5.58. The first-order valence-electron chi connectivity index (χ1n) is 6.59. The van der Waals surface area contributed by atoms with Gasteiger partial charge in [-0.25, -0.2) is 4.98 Å². The number of rotatable bonds is 5. The van der Waals surface area contributed by atoms with Crippen molar-refractivity contribution in [3.05, 3.63) is 12.3 Å². The summed E-state index contributed by atoms with van der Waals surface area (Å²) in [6.07, 6.45) is 4.37. The van der Waals surface area contributed by atoms with Crippen LogP contribution in [-0.4, -0.2) is 42.3 Å². The summed E-state index contributed by atoms with van der Waals surface area (Å²) in [5.74, 6) is 1.36. The maximum Gasteiger partial charge on any atom is 0.228 e. The Labute approximate surface area is 109 Å². The number of likely N-dealkylation sites (N-methyl/N-ethyl adjacent to an activating group) is 1. The van der Waals surface area contributed by atoms with Crippen molar-refractivity contribution < 1.29 is 4.74 Å². The lowest BCUT2D eigenvalue weighted by Crippen LogP contribution is -2.36. The summed E-state index contributed by atoms with van der Waals surface area (Å²) in [4.78, 5) is 10.8. The van der Waals surface area contributed by atoms with E-state index in [1.165, 1.54) is 12.8 Å². The van der Waals surface area contributed by atoms with E-state index in [0.717, 1.165) is 19.0 Å². The third kappa shape index (κ3) is 3.57. The van der Waals surface area contributed by atoms with Gasteiger partial charge in [0.25, 0.3) is 0 Å². The van der Waals surface area contributed by atoms with Gasteiger partial charge in [-0.3, -0.25) is 0 Å². The second-order valence-corrected chi connectivity index (χ2v) is 5.04. The van der Waals surface area contributed by atoms with E-state index in [1.54, 1.807) is 12.3 Å². The Morgan fingerprint density at radius 1 is 1.56 bits per heavy atom. The van der Waals surface area contributed by atoms with E-state index in [0.29, 0.717) is 11.9 Å². The van der Waals surface area contributed by atoms with E-state index in [4.69, 9.17) is 4.74 Å². The zero-order valence-corrected chi connectivity index (χ0v) is 11.4. The molecule has 0 spiro atoms. The number of hydrogen-bond acceptors (Lipinski definition) is 5. The van der Waals surface area contributed by atoms with Gasteiger partial charge in [0.2, 0.25) is 11.8 Å². The van der Waals surface area contributed by atoms with Gasteiger partial charge in [-0.05, 0) is 33.2 Å². The van der Waals surface area contributed by atoms with Crippen LogP contribution < -0.4 is 15.0 Å². The fraction of sp³-hybridized carbons (Fsp3) is 0.692. The number of nitrogens with one attached hydrogen (secondary N) is 1. The molecule has 2 rings (SSSR count). The maximum absolute atomic E-state index is 5.58. The summed E-state index contributed by atoms with van der Waals surface area (Å²) in [6.45, 7) is 6.04. The molecule has 0 radical (unpaired) electrons. The minimum absolute atomic E-state index is 0.134. The smallest absolute Gasteiger partial charge is 0.228 e. The molecule has 0 aromatic carbocycles. The van der Waals surface area contributed by atoms with Crippen molar-refractivity contribution in [2.75, 3.05) is 25.0 Å². The Kier molecular flexibility index (Phi) is 4.36. The lowest BCUT2D eigenvalue weighted by atomic mass is 10.2. The van der Waals surface area contributed by atoms with Crippen LogP contribution in [0.15, 0.2) is 12.3 Å². The molecule has 0 aliphatic carbocycles. The molecule has 18 heavy (non-hydrogen) atoms. The summed E-state index contributed by atoms with van der Waals surface area (Å²) in [7, 11) is 2.02. The minimum atomic E-state index is 0.134. The molecule has 100 valence electrons. The fourth-order valence-corrected chi connectivity index (χ4v) is 2.15. The molecule has 0 saturated carbocycles. The van der Waals surface area contributed by atoms with Crippen molar-refractivity contribution in [1.29, 1.82) is 0 Å². The molecule has 1 saturated heterocycles. The summed E-state index contributed by atoms with van der Waals surface area (Å²) in [5.41, 5.74) is 0. The molecule has 1 aliphatic rings. The average Bonchev–Trinajstić information content (AvgIpc) is 2.81. The van der Waals surface area contributed by atoms with Crippen LogP contribution in [0.2, 0.25) is 0 Å². The third-order valence-electron chi connectivity index (χ3n) is 2.97. The van der Waals surface area contributed by atoms with Gasteiger partial charge in [-0.15, -0.1) is 0 Å². The molecule has 1 unspecified atom stereocenters. The van der Waals surface area contributed by atoms with Crippen molar-refractivity contribution in [2.45, 2.75) is 38.8 Å². The summed E-state index contributed by atoms with van der Waals surface area (Å²) in [6, 6.07) is 2.35. The van der Waals surface area contributed by atoms with Crippen molar-refractivity contribution in [3.8, 4) is 5.88 Å². The van der Waals surface area contributed by atoms with Crippen LogP contribution in [0.5, 0.6) is 5.88 Å². The molecule has 2 heterocycles. The molecule has 1 N–H and O–H groups in total. The Bertz CT molecular complexity index is 377. The minimum Gasteiger partial charge on any atom is -0.475 e. The van der Waals surface area contributed by atoms with Crippen molar-refractivity contribution >= 4 is 5.95 Å². The second kappa shape index (κ2) is 6.00. The quantitative estimate of drug-likeness (QED) is 0.857. The number of anilines is 1. The molecule has 1 aromatic heterocycles.